The molecule has 0 aromatic heterocycles. The number of hydrogen-bond donors (Lipinski definition) is 0. The molecule has 148 valence electrons. The molecule has 0 spiro atoms. The van der Waals surface area contributed by atoms with Gasteiger partial charge in [-0.1, -0.05) is 18.2 Å². The van der Waals surface area contributed by atoms with E-state index in [9.17, 15) is 9.18 Å². The third kappa shape index (κ3) is 4.03. The maximum absolute atomic E-state index is 14.2. The summed E-state index contributed by atoms with van der Waals surface area (Å²) in [5.41, 5.74) is 1.52. The van der Waals surface area contributed by atoms with Crippen LogP contribution in [0.25, 0.3) is 0 Å². The number of carbonyl (C=O) groups is 1. The first kappa shape index (κ1) is 18.9. The summed E-state index contributed by atoms with van der Waals surface area (Å²) in [4.78, 5) is 16.6. The second-order valence-corrected chi connectivity index (χ2v) is 7.43. The molecule has 5 nitrogen and oxygen atoms in total. The molecule has 2 aromatic carbocycles. The lowest BCUT2D eigenvalue weighted by Gasteiger charge is -2.38. The van der Waals surface area contributed by atoms with E-state index >= 15 is 0 Å². The third-order valence-corrected chi connectivity index (χ3v) is 5.60. The van der Waals surface area contributed by atoms with E-state index in [0.29, 0.717) is 24.4 Å². The Balaban J connectivity index is 1.49. The van der Waals surface area contributed by atoms with Gasteiger partial charge in [0.2, 0.25) is 0 Å². The van der Waals surface area contributed by atoms with Gasteiger partial charge in [0, 0.05) is 43.3 Å². The molecule has 0 N–H and O–H groups in total. The van der Waals surface area contributed by atoms with E-state index < -0.39 is 0 Å². The number of anilines is 1. The SMILES string of the molecule is COc1ccc(F)c(CN2CC[C@@H]3OCC(=O)N(c4ccccc4)C[C@H]3C2)c1. The maximum Gasteiger partial charge on any atom is 0.252 e. The minimum Gasteiger partial charge on any atom is -0.497 e. The molecule has 0 unspecified atom stereocenters. The number of methoxy groups -OCH3 is 1. The first-order valence-electron chi connectivity index (χ1n) is 9.66. The van der Waals surface area contributed by atoms with Crippen molar-refractivity contribution >= 4 is 11.6 Å². The Bertz CT molecular complexity index is 830. The molecule has 4 rings (SSSR count). The number of hydrogen-bond acceptors (Lipinski definition) is 4. The van der Waals surface area contributed by atoms with Gasteiger partial charge in [-0.25, -0.2) is 4.39 Å². The molecule has 28 heavy (non-hydrogen) atoms. The summed E-state index contributed by atoms with van der Waals surface area (Å²) in [6.45, 7) is 2.83. The number of para-hydroxylation sites is 1. The molecule has 0 radical (unpaired) electrons. The molecular formula is C22H25FN2O3. The largest absolute Gasteiger partial charge is 0.497 e. The van der Waals surface area contributed by atoms with Crippen LogP contribution in [-0.2, 0) is 16.1 Å². The molecule has 6 heteroatoms. The number of amides is 1. The summed E-state index contributed by atoms with van der Waals surface area (Å²) in [7, 11) is 1.58. The van der Waals surface area contributed by atoms with Crippen LogP contribution in [0.4, 0.5) is 10.1 Å². The van der Waals surface area contributed by atoms with Crippen molar-refractivity contribution in [1.82, 2.24) is 4.90 Å². The van der Waals surface area contributed by atoms with E-state index in [1.807, 2.05) is 35.2 Å². The number of halogens is 1. The number of ether oxygens (including phenoxy) is 2. The molecule has 2 heterocycles. The molecule has 2 aliphatic heterocycles. The molecule has 2 aliphatic rings. The van der Waals surface area contributed by atoms with Crippen molar-refractivity contribution in [3.8, 4) is 5.75 Å². The quantitative estimate of drug-likeness (QED) is 0.813. The zero-order chi connectivity index (χ0) is 19.5. The zero-order valence-corrected chi connectivity index (χ0v) is 16.0. The molecule has 0 saturated carbocycles. The number of benzene rings is 2. The highest BCUT2D eigenvalue weighted by atomic mass is 19.1. The van der Waals surface area contributed by atoms with E-state index in [1.54, 1.807) is 19.2 Å². The van der Waals surface area contributed by atoms with Crippen molar-refractivity contribution in [2.24, 2.45) is 5.92 Å². The highest BCUT2D eigenvalue weighted by molar-refractivity contribution is 5.94. The van der Waals surface area contributed by atoms with Crippen molar-refractivity contribution < 1.29 is 18.7 Å². The Hall–Kier alpha value is -2.44. The topological polar surface area (TPSA) is 42.0 Å². The molecule has 2 saturated heterocycles. The minimum absolute atomic E-state index is 0.00834. The predicted molar refractivity (Wildman–Crippen MR) is 105 cm³/mol. The highest BCUT2D eigenvalue weighted by Crippen LogP contribution is 2.28. The van der Waals surface area contributed by atoms with Crippen LogP contribution >= 0.6 is 0 Å². The first-order valence-corrected chi connectivity index (χ1v) is 9.66. The van der Waals surface area contributed by atoms with Crippen LogP contribution in [0.1, 0.15) is 12.0 Å². The minimum atomic E-state index is -0.221. The standard InChI is InChI=1S/C22H25FN2O3/c1-27-19-7-8-20(23)16(11-19)12-24-10-9-21-17(13-24)14-25(22(26)15-28-21)18-5-3-2-4-6-18/h2-8,11,17,21H,9-10,12-15H2,1H3/t17-,21+/m1/s1. The van der Waals surface area contributed by atoms with Gasteiger partial charge in [-0.05, 0) is 36.8 Å². The fourth-order valence-electron chi connectivity index (χ4n) is 4.11. The van der Waals surface area contributed by atoms with Gasteiger partial charge < -0.3 is 14.4 Å². The lowest BCUT2D eigenvalue weighted by molar-refractivity contribution is -0.124. The van der Waals surface area contributed by atoms with Gasteiger partial charge in [0.15, 0.2) is 0 Å². The van der Waals surface area contributed by atoms with Crippen LogP contribution in [0, 0.1) is 11.7 Å². The van der Waals surface area contributed by atoms with Gasteiger partial charge in [-0.2, -0.15) is 0 Å². The average molecular weight is 384 g/mol. The monoisotopic (exact) mass is 384 g/mol. The van der Waals surface area contributed by atoms with Crippen LogP contribution < -0.4 is 9.64 Å². The van der Waals surface area contributed by atoms with Crippen LogP contribution in [0.5, 0.6) is 5.75 Å². The average Bonchev–Trinajstić information content (AvgIpc) is 2.89. The fourth-order valence-corrected chi connectivity index (χ4v) is 4.11. The van der Waals surface area contributed by atoms with E-state index in [2.05, 4.69) is 4.90 Å². The van der Waals surface area contributed by atoms with Gasteiger partial charge in [-0.15, -0.1) is 0 Å². The van der Waals surface area contributed by atoms with Crippen molar-refractivity contribution in [3.05, 3.63) is 59.9 Å². The highest BCUT2D eigenvalue weighted by Gasteiger charge is 2.36. The van der Waals surface area contributed by atoms with E-state index in [-0.39, 0.29) is 30.4 Å². The van der Waals surface area contributed by atoms with Gasteiger partial charge in [0.1, 0.15) is 18.2 Å². The van der Waals surface area contributed by atoms with Gasteiger partial charge >= 0.3 is 0 Å². The van der Waals surface area contributed by atoms with Gasteiger partial charge in [0.25, 0.3) is 5.91 Å². The van der Waals surface area contributed by atoms with Gasteiger partial charge in [-0.3, -0.25) is 9.69 Å². The van der Waals surface area contributed by atoms with Crippen molar-refractivity contribution in [2.45, 2.75) is 19.1 Å². The summed E-state index contributed by atoms with van der Waals surface area (Å²) in [5, 5.41) is 0. The Kier molecular flexibility index (Phi) is 5.59. The normalized spacial score (nSPS) is 23.2. The zero-order valence-electron chi connectivity index (χ0n) is 16.0. The lowest BCUT2D eigenvalue weighted by Crippen LogP contribution is -2.47. The maximum atomic E-state index is 14.2. The van der Waals surface area contributed by atoms with Crippen LogP contribution in [0.3, 0.4) is 0 Å². The molecule has 0 aliphatic carbocycles. The fraction of sp³-hybridized carbons (Fsp3) is 0.409. The Morgan fingerprint density at radius 2 is 2.00 bits per heavy atom. The number of carbonyl (C=O) groups excluding carboxylic acids is 1. The van der Waals surface area contributed by atoms with Gasteiger partial charge in [0.05, 0.1) is 13.2 Å². The Morgan fingerprint density at radius 1 is 1.18 bits per heavy atom. The first-order chi connectivity index (χ1) is 13.6. The summed E-state index contributed by atoms with van der Waals surface area (Å²) >= 11 is 0. The molecule has 2 fully saturated rings. The summed E-state index contributed by atoms with van der Waals surface area (Å²) in [5.74, 6) is 0.617. The molecule has 1 amide bonds. The number of piperidine rings is 1. The summed E-state index contributed by atoms with van der Waals surface area (Å²) in [6, 6.07) is 14.5. The Labute approximate surface area is 164 Å². The molecule has 0 bridgehead atoms. The van der Waals surface area contributed by atoms with Crippen molar-refractivity contribution in [1.29, 1.82) is 0 Å². The van der Waals surface area contributed by atoms with Crippen LogP contribution in [-0.4, -0.2) is 50.3 Å². The second-order valence-electron chi connectivity index (χ2n) is 7.43. The number of likely N-dealkylation sites (tertiary alicyclic amines) is 1. The molecular weight excluding hydrogens is 359 g/mol. The van der Waals surface area contributed by atoms with Crippen molar-refractivity contribution in [3.63, 3.8) is 0 Å². The number of rotatable bonds is 4. The lowest BCUT2D eigenvalue weighted by atomic mass is 9.93. The third-order valence-electron chi connectivity index (χ3n) is 5.60. The van der Waals surface area contributed by atoms with Crippen LogP contribution in [0.2, 0.25) is 0 Å². The number of nitrogens with zero attached hydrogens (tertiary/aromatic N) is 2. The predicted octanol–water partition coefficient (Wildman–Crippen LogP) is 3.09. The van der Waals surface area contributed by atoms with Crippen molar-refractivity contribution in [2.75, 3.05) is 38.3 Å². The van der Waals surface area contributed by atoms with Crippen LogP contribution in [0.15, 0.2) is 48.5 Å². The smallest absolute Gasteiger partial charge is 0.252 e. The molecule has 2 aromatic rings. The van der Waals surface area contributed by atoms with E-state index in [0.717, 1.165) is 25.2 Å². The number of fused-ring (bicyclic) bond motifs is 1. The Morgan fingerprint density at radius 3 is 2.79 bits per heavy atom. The summed E-state index contributed by atoms with van der Waals surface area (Å²) < 4.78 is 25.4. The van der Waals surface area contributed by atoms with E-state index in [4.69, 9.17) is 9.47 Å². The second kappa shape index (κ2) is 8.29. The van der Waals surface area contributed by atoms with E-state index in [1.165, 1.54) is 6.07 Å². The summed E-state index contributed by atoms with van der Waals surface area (Å²) in [6.07, 6.45) is 0.899. The molecule has 2 atom stereocenters.